The number of carbonyl (C=O) groups excluding carboxylic acids is 1. The van der Waals surface area contributed by atoms with Crippen molar-refractivity contribution in [2.24, 2.45) is 0 Å². The minimum Gasteiger partial charge on any atom is -0.311 e. The van der Waals surface area contributed by atoms with Gasteiger partial charge in [0.25, 0.3) is 5.91 Å². The second kappa shape index (κ2) is 6.97. The minimum absolute atomic E-state index is 0.0158. The lowest BCUT2D eigenvalue weighted by Crippen LogP contribution is -2.26. The van der Waals surface area contributed by atoms with E-state index in [1.54, 1.807) is 23.3 Å². The van der Waals surface area contributed by atoms with Crippen LogP contribution in [0, 0.1) is 6.92 Å². The maximum atomic E-state index is 12.6. The lowest BCUT2D eigenvalue weighted by atomic mass is 10.1. The Morgan fingerprint density at radius 1 is 1.08 bits per heavy atom. The van der Waals surface area contributed by atoms with E-state index in [9.17, 15) is 4.79 Å². The molecule has 0 aliphatic rings. The van der Waals surface area contributed by atoms with Crippen molar-refractivity contribution in [3.05, 3.63) is 70.0 Å². The van der Waals surface area contributed by atoms with Gasteiger partial charge in [0, 0.05) is 29.2 Å². The zero-order chi connectivity index (χ0) is 17.1. The second-order valence-corrected chi connectivity index (χ2v) is 6.70. The summed E-state index contributed by atoms with van der Waals surface area (Å²) in [6, 6.07) is 15.6. The molecule has 3 nitrogen and oxygen atoms in total. The molecule has 3 rings (SSSR count). The Bertz CT molecular complexity index is 835. The summed E-state index contributed by atoms with van der Waals surface area (Å²) in [5, 5.41) is 3.19. The summed E-state index contributed by atoms with van der Waals surface area (Å²) in [4.78, 5) is 18.9. The average Bonchev–Trinajstić information content (AvgIpc) is 3.10. The Labute approximate surface area is 146 Å². The van der Waals surface area contributed by atoms with Crippen LogP contribution in [-0.2, 0) is 6.42 Å². The molecule has 4 heteroatoms. The van der Waals surface area contributed by atoms with Crippen LogP contribution in [0.25, 0.3) is 11.3 Å². The fraction of sp³-hybridized carbons (Fsp3) is 0.200. The van der Waals surface area contributed by atoms with Gasteiger partial charge in [0.05, 0.1) is 10.7 Å². The zero-order valence-electron chi connectivity index (χ0n) is 14.1. The van der Waals surface area contributed by atoms with Crippen LogP contribution in [0.1, 0.15) is 27.9 Å². The highest BCUT2D eigenvalue weighted by molar-refractivity contribution is 7.09. The van der Waals surface area contributed by atoms with Gasteiger partial charge >= 0.3 is 0 Å². The number of nitrogens with zero attached hydrogens (tertiary/aromatic N) is 2. The van der Waals surface area contributed by atoms with E-state index in [1.165, 1.54) is 5.56 Å². The number of carbonyl (C=O) groups is 1. The third-order valence-corrected chi connectivity index (χ3v) is 5.00. The average molecular weight is 336 g/mol. The predicted octanol–water partition coefficient (Wildman–Crippen LogP) is 4.96. The standard InChI is InChI=1S/C20H20N2OS/c1-4-19-21-18(13-24-19)15-7-9-16(10-8-15)20(23)22(3)17-11-5-14(2)6-12-17/h5-13H,4H2,1-3H3. The van der Waals surface area contributed by atoms with Gasteiger partial charge in [-0.05, 0) is 37.6 Å². The molecule has 0 saturated heterocycles. The number of amides is 1. The van der Waals surface area contributed by atoms with E-state index in [-0.39, 0.29) is 5.91 Å². The molecule has 0 aliphatic carbocycles. The van der Waals surface area contributed by atoms with Crippen molar-refractivity contribution in [2.45, 2.75) is 20.3 Å². The topological polar surface area (TPSA) is 33.2 Å². The van der Waals surface area contributed by atoms with E-state index >= 15 is 0 Å². The van der Waals surface area contributed by atoms with Crippen LogP contribution in [-0.4, -0.2) is 17.9 Å². The first kappa shape index (κ1) is 16.4. The molecule has 1 heterocycles. The first-order chi connectivity index (χ1) is 11.6. The Morgan fingerprint density at radius 3 is 2.33 bits per heavy atom. The third-order valence-electron chi connectivity index (χ3n) is 4.01. The van der Waals surface area contributed by atoms with Crippen molar-refractivity contribution in [2.75, 3.05) is 11.9 Å². The first-order valence-corrected chi connectivity index (χ1v) is 8.86. The molecule has 0 saturated carbocycles. The number of aromatic nitrogens is 1. The highest BCUT2D eigenvalue weighted by Crippen LogP contribution is 2.23. The Balaban J connectivity index is 1.79. The first-order valence-electron chi connectivity index (χ1n) is 7.98. The van der Waals surface area contributed by atoms with Crippen molar-refractivity contribution in [1.82, 2.24) is 4.98 Å². The Hall–Kier alpha value is -2.46. The number of anilines is 1. The third kappa shape index (κ3) is 3.39. The van der Waals surface area contributed by atoms with Crippen LogP contribution in [0.2, 0.25) is 0 Å². The van der Waals surface area contributed by atoms with E-state index in [4.69, 9.17) is 0 Å². The summed E-state index contributed by atoms with van der Waals surface area (Å²) in [6.07, 6.45) is 0.947. The van der Waals surface area contributed by atoms with E-state index in [0.717, 1.165) is 28.4 Å². The number of aryl methyl sites for hydroxylation is 2. The van der Waals surface area contributed by atoms with Crippen molar-refractivity contribution in [3.8, 4) is 11.3 Å². The van der Waals surface area contributed by atoms with Gasteiger partial charge in [0.15, 0.2) is 0 Å². The van der Waals surface area contributed by atoms with Gasteiger partial charge in [-0.1, -0.05) is 36.8 Å². The SMILES string of the molecule is CCc1nc(-c2ccc(C(=O)N(C)c3ccc(C)cc3)cc2)cs1. The van der Waals surface area contributed by atoms with Crippen molar-refractivity contribution in [1.29, 1.82) is 0 Å². The minimum atomic E-state index is -0.0158. The summed E-state index contributed by atoms with van der Waals surface area (Å²) in [6.45, 7) is 4.14. The van der Waals surface area contributed by atoms with Gasteiger partial charge in [-0.15, -0.1) is 11.3 Å². The van der Waals surface area contributed by atoms with Crippen molar-refractivity contribution < 1.29 is 4.79 Å². The largest absolute Gasteiger partial charge is 0.311 e. The number of rotatable bonds is 4. The molecule has 0 N–H and O–H groups in total. The molecular formula is C20H20N2OS. The van der Waals surface area contributed by atoms with E-state index in [1.807, 2.05) is 55.5 Å². The molecule has 0 radical (unpaired) electrons. The molecule has 1 amide bonds. The van der Waals surface area contributed by atoms with Crippen molar-refractivity contribution >= 4 is 22.9 Å². The fourth-order valence-electron chi connectivity index (χ4n) is 2.47. The molecule has 0 spiro atoms. The molecule has 0 bridgehead atoms. The number of hydrogen-bond acceptors (Lipinski definition) is 3. The second-order valence-electron chi connectivity index (χ2n) is 5.76. The van der Waals surface area contributed by atoms with Crippen molar-refractivity contribution in [3.63, 3.8) is 0 Å². The molecule has 0 unspecified atom stereocenters. The summed E-state index contributed by atoms with van der Waals surface area (Å²) in [5.41, 5.74) is 4.76. The van der Waals surface area contributed by atoms with Gasteiger partial charge in [-0.3, -0.25) is 4.79 Å². The maximum Gasteiger partial charge on any atom is 0.258 e. The van der Waals surface area contributed by atoms with Gasteiger partial charge in [-0.25, -0.2) is 4.98 Å². The summed E-state index contributed by atoms with van der Waals surface area (Å²) < 4.78 is 0. The maximum absolute atomic E-state index is 12.6. The lowest BCUT2D eigenvalue weighted by Gasteiger charge is -2.17. The lowest BCUT2D eigenvalue weighted by molar-refractivity contribution is 0.0993. The molecule has 0 aliphatic heterocycles. The Morgan fingerprint density at radius 2 is 1.75 bits per heavy atom. The molecule has 0 fully saturated rings. The van der Waals surface area contributed by atoms with E-state index in [0.29, 0.717) is 5.56 Å². The Kier molecular flexibility index (Phi) is 4.76. The zero-order valence-corrected chi connectivity index (χ0v) is 14.9. The van der Waals surface area contributed by atoms with Gasteiger partial charge < -0.3 is 4.90 Å². The highest BCUT2D eigenvalue weighted by Gasteiger charge is 2.13. The number of benzene rings is 2. The smallest absolute Gasteiger partial charge is 0.258 e. The summed E-state index contributed by atoms with van der Waals surface area (Å²) in [7, 11) is 1.80. The number of hydrogen-bond donors (Lipinski definition) is 0. The summed E-state index contributed by atoms with van der Waals surface area (Å²) >= 11 is 1.67. The molecule has 3 aromatic rings. The van der Waals surface area contributed by atoms with Gasteiger partial charge in [0.2, 0.25) is 0 Å². The van der Waals surface area contributed by atoms with E-state index in [2.05, 4.69) is 17.3 Å². The molecule has 122 valence electrons. The van der Waals surface area contributed by atoms with Crippen LogP contribution in [0.4, 0.5) is 5.69 Å². The fourth-order valence-corrected chi connectivity index (χ4v) is 3.22. The van der Waals surface area contributed by atoms with E-state index < -0.39 is 0 Å². The summed E-state index contributed by atoms with van der Waals surface area (Å²) in [5.74, 6) is -0.0158. The normalized spacial score (nSPS) is 10.6. The van der Waals surface area contributed by atoms with Crippen LogP contribution in [0.3, 0.4) is 0 Å². The van der Waals surface area contributed by atoms with Crippen LogP contribution in [0.5, 0.6) is 0 Å². The van der Waals surface area contributed by atoms with Gasteiger partial charge in [-0.2, -0.15) is 0 Å². The van der Waals surface area contributed by atoms with Crippen LogP contribution < -0.4 is 4.90 Å². The van der Waals surface area contributed by atoms with Crippen LogP contribution >= 0.6 is 11.3 Å². The molecule has 1 aromatic heterocycles. The predicted molar refractivity (Wildman–Crippen MR) is 101 cm³/mol. The van der Waals surface area contributed by atoms with Crippen LogP contribution in [0.15, 0.2) is 53.9 Å². The molecule has 24 heavy (non-hydrogen) atoms. The molecule has 2 aromatic carbocycles. The number of thiazole rings is 1. The monoisotopic (exact) mass is 336 g/mol. The quantitative estimate of drug-likeness (QED) is 0.675. The molecular weight excluding hydrogens is 316 g/mol. The highest BCUT2D eigenvalue weighted by atomic mass is 32.1. The van der Waals surface area contributed by atoms with Gasteiger partial charge in [0.1, 0.15) is 0 Å². The molecule has 0 atom stereocenters.